The number of halogens is 2. The summed E-state index contributed by atoms with van der Waals surface area (Å²) in [4.78, 5) is 1.51. The third-order valence-electron chi connectivity index (χ3n) is 2.47. The van der Waals surface area contributed by atoms with E-state index in [0.29, 0.717) is 0 Å². The first kappa shape index (κ1) is 14.1. The summed E-state index contributed by atoms with van der Waals surface area (Å²) in [5, 5.41) is 0. The number of alkyl halides is 1. The average Bonchev–Trinajstić information content (AvgIpc) is 2.82. The van der Waals surface area contributed by atoms with Gasteiger partial charge in [-0.1, -0.05) is 35.0 Å². The molecule has 0 fully saturated rings. The lowest BCUT2D eigenvalue weighted by molar-refractivity contribution is 0.317. The van der Waals surface area contributed by atoms with E-state index in [2.05, 4.69) is 63.0 Å². The molecule has 0 bridgehead atoms. The van der Waals surface area contributed by atoms with Gasteiger partial charge in [0.25, 0.3) is 0 Å². The molecule has 0 aliphatic heterocycles. The Labute approximate surface area is 128 Å². The topological polar surface area (TPSA) is 9.23 Å². The summed E-state index contributed by atoms with van der Waals surface area (Å²) in [6.45, 7) is 2.88. The summed E-state index contributed by atoms with van der Waals surface area (Å²) in [6, 6.07) is 12.5. The van der Waals surface area contributed by atoms with Crippen LogP contribution in [-0.4, -0.2) is 6.61 Å². The van der Waals surface area contributed by atoms with Crippen molar-refractivity contribution in [3.8, 4) is 5.75 Å². The van der Waals surface area contributed by atoms with Gasteiger partial charge in [-0.05, 0) is 52.2 Å². The molecule has 0 N–H and O–H groups in total. The van der Waals surface area contributed by atoms with Crippen LogP contribution < -0.4 is 4.74 Å². The van der Waals surface area contributed by atoms with Crippen molar-refractivity contribution >= 4 is 43.2 Å². The Morgan fingerprint density at radius 2 is 2.11 bits per heavy atom. The summed E-state index contributed by atoms with van der Waals surface area (Å²) in [7, 11) is 0. The van der Waals surface area contributed by atoms with Gasteiger partial charge in [0, 0.05) is 4.88 Å². The maximum absolute atomic E-state index is 5.66. The largest absolute Gasteiger partial charge is 0.494 e. The molecule has 1 heterocycles. The third-order valence-corrected chi connectivity index (χ3v) is 5.48. The molecule has 1 aromatic heterocycles. The lowest BCUT2D eigenvalue weighted by atomic mass is 10.1. The Kier molecular flexibility index (Phi) is 5.27. The Morgan fingerprint density at radius 3 is 2.78 bits per heavy atom. The maximum atomic E-state index is 5.66. The van der Waals surface area contributed by atoms with E-state index in [4.69, 9.17) is 4.74 Å². The van der Waals surface area contributed by atoms with Crippen LogP contribution in [0.25, 0.3) is 0 Å². The summed E-state index contributed by atoms with van der Waals surface area (Å²) >= 11 is 8.98. The van der Waals surface area contributed by atoms with Crippen LogP contribution in [0.4, 0.5) is 0 Å². The fourth-order valence-electron chi connectivity index (χ4n) is 1.61. The first-order chi connectivity index (χ1) is 8.70. The minimum Gasteiger partial charge on any atom is -0.494 e. The molecule has 18 heavy (non-hydrogen) atoms. The highest BCUT2D eigenvalue weighted by molar-refractivity contribution is 9.11. The van der Waals surface area contributed by atoms with Crippen LogP contribution in [0.15, 0.2) is 40.2 Å². The molecule has 96 valence electrons. The van der Waals surface area contributed by atoms with Crippen molar-refractivity contribution in [3.05, 3.63) is 50.6 Å². The van der Waals surface area contributed by atoms with E-state index in [1.165, 1.54) is 10.4 Å². The van der Waals surface area contributed by atoms with Gasteiger partial charge in [-0.15, -0.1) is 11.3 Å². The molecule has 0 radical (unpaired) electrons. The SMILES string of the molecule is CCCOc1cccc(C(Br)c2ccc(Br)s2)c1. The molecule has 0 spiro atoms. The zero-order chi connectivity index (χ0) is 13.0. The average molecular weight is 390 g/mol. The van der Waals surface area contributed by atoms with Gasteiger partial charge in [0.15, 0.2) is 0 Å². The molecule has 0 aliphatic rings. The van der Waals surface area contributed by atoms with E-state index in [1.54, 1.807) is 11.3 Å². The molecular formula is C14H14Br2OS. The van der Waals surface area contributed by atoms with Crippen molar-refractivity contribution in [1.29, 1.82) is 0 Å². The zero-order valence-corrected chi connectivity index (χ0v) is 14.0. The van der Waals surface area contributed by atoms with E-state index in [0.717, 1.165) is 22.6 Å². The van der Waals surface area contributed by atoms with E-state index in [-0.39, 0.29) is 4.83 Å². The second kappa shape index (κ2) is 6.73. The van der Waals surface area contributed by atoms with Crippen LogP contribution in [0.2, 0.25) is 0 Å². The van der Waals surface area contributed by atoms with Crippen molar-refractivity contribution in [2.45, 2.75) is 18.2 Å². The van der Waals surface area contributed by atoms with Gasteiger partial charge < -0.3 is 4.74 Å². The lowest BCUT2D eigenvalue weighted by Crippen LogP contribution is -1.96. The van der Waals surface area contributed by atoms with Crippen molar-refractivity contribution in [2.75, 3.05) is 6.61 Å². The van der Waals surface area contributed by atoms with Crippen molar-refractivity contribution in [1.82, 2.24) is 0 Å². The molecule has 0 amide bonds. The summed E-state index contributed by atoms with van der Waals surface area (Å²) in [5.74, 6) is 0.939. The second-order valence-corrected chi connectivity index (χ2v) is 7.34. The minimum atomic E-state index is 0.221. The summed E-state index contributed by atoms with van der Waals surface area (Å²) in [6.07, 6.45) is 1.03. The van der Waals surface area contributed by atoms with Gasteiger partial charge in [-0.3, -0.25) is 0 Å². The molecule has 0 saturated carbocycles. The molecular weight excluding hydrogens is 376 g/mol. The van der Waals surface area contributed by atoms with Gasteiger partial charge in [0.2, 0.25) is 0 Å². The van der Waals surface area contributed by atoms with E-state index >= 15 is 0 Å². The van der Waals surface area contributed by atoms with Gasteiger partial charge in [-0.2, -0.15) is 0 Å². The molecule has 0 saturated heterocycles. The highest BCUT2D eigenvalue weighted by Gasteiger charge is 2.13. The highest BCUT2D eigenvalue weighted by atomic mass is 79.9. The molecule has 1 unspecified atom stereocenters. The standard InChI is InChI=1S/C14H14Br2OS/c1-2-8-17-11-5-3-4-10(9-11)14(16)12-6-7-13(15)18-12/h3-7,9,14H,2,8H2,1H3. The summed E-state index contributed by atoms with van der Waals surface area (Å²) in [5.41, 5.74) is 1.22. The molecule has 1 nitrogen and oxygen atoms in total. The number of ether oxygens (including phenoxy) is 1. The minimum absolute atomic E-state index is 0.221. The van der Waals surface area contributed by atoms with Gasteiger partial charge in [-0.25, -0.2) is 0 Å². The Morgan fingerprint density at radius 1 is 1.28 bits per heavy atom. The van der Waals surface area contributed by atoms with E-state index in [9.17, 15) is 0 Å². The van der Waals surface area contributed by atoms with E-state index < -0.39 is 0 Å². The smallest absolute Gasteiger partial charge is 0.119 e. The maximum Gasteiger partial charge on any atom is 0.119 e. The number of hydrogen-bond acceptors (Lipinski definition) is 2. The zero-order valence-electron chi connectivity index (χ0n) is 10.0. The molecule has 0 aliphatic carbocycles. The highest BCUT2D eigenvalue weighted by Crippen LogP contribution is 2.37. The lowest BCUT2D eigenvalue weighted by Gasteiger charge is -2.10. The van der Waals surface area contributed by atoms with Crippen LogP contribution in [0.1, 0.15) is 28.6 Å². The Balaban J connectivity index is 2.17. The predicted molar refractivity (Wildman–Crippen MR) is 85.0 cm³/mol. The van der Waals surface area contributed by atoms with Crippen molar-refractivity contribution < 1.29 is 4.74 Å². The second-order valence-electron chi connectivity index (χ2n) is 3.93. The van der Waals surface area contributed by atoms with Crippen LogP contribution in [0.5, 0.6) is 5.75 Å². The Bertz CT molecular complexity index is 510. The first-order valence-corrected chi connectivity index (χ1v) is 8.35. The fraction of sp³-hybridized carbons (Fsp3) is 0.286. The number of thiophene rings is 1. The van der Waals surface area contributed by atoms with Gasteiger partial charge in [0.05, 0.1) is 15.2 Å². The van der Waals surface area contributed by atoms with Crippen LogP contribution in [0.3, 0.4) is 0 Å². The molecule has 4 heteroatoms. The monoisotopic (exact) mass is 388 g/mol. The van der Waals surface area contributed by atoms with Gasteiger partial charge >= 0.3 is 0 Å². The number of hydrogen-bond donors (Lipinski definition) is 0. The van der Waals surface area contributed by atoms with Crippen molar-refractivity contribution in [3.63, 3.8) is 0 Å². The number of rotatable bonds is 5. The van der Waals surface area contributed by atoms with E-state index in [1.807, 2.05) is 12.1 Å². The molecule has 1 atom stereocenters. The first-order valence-electron chi connectivity index (χ1n) is 5.82. The molecule has 1 aromatic carbocycles. The van der Waals surface area contributed by atoms with Gasteiger partial charge in [0.1, 0.15) is 5.75 Å². The third kappa shape index (κ3) is 3.59. The summed E-state index contributed by atoms with van der Waals surface area (Å²) < 4.78 is 6.81. The van der Waals surface area contributed by atoms with Crippen LogP contribution in [-0.2, 0) is 0 Å². The number of benzene rings is 1. The normalized spacial score (nSPS) is 12.4. The molecule has 2 rings (SSSR count). The predicted octanol–water partition coefficient (Wildman–Crippen LogP) is 5.78. The molecule has 2 aromatic rings. The fourth-order valence-corrected chi connectivity index (χ4v) is 3.76. The Hall–Kier alpha value is -0.320. The quantitative estimate of drug-likeness (QED) is 0.588. The van der Waals surface area contributed by atoms with Crippen LogP contribution >= 0.6 is 43.2 Å². The van der Waals surface area contributed by atoms with Crippen LogP contribution in [0, 0.1) is 0 Å². The van der Waals surface area contributed by atoms with Crippen molar-refractivity contribution in [2.24, 2.45) is 0 Å².